The first-order valence-corrected chi connectivity index (χ1v) is 8.37. The minimum Gasteiger partial charge on any atom is -0.338 e. The van der Waals surface area contributed by atoms with Gasteiger partial charge in [-0.25, -0.2) is 9.97 Å². The highest BCUT2D eigenvalue weighted by Crippen LogP contribution is 2.13. The van der Waals surface area contributed by atoms with Crippen molar-refractivity contribution in [3.05, 3.63) is 40.9 Å². The van der Waals surface area contributed by atoms with Crippen molar-refractivity contribution in [2.45, 2.75) is 0 Å². The van der Waals surface area contributed by atoms with Crippen LogP contribution >= 0.6 is 11.3 Å². The fourth-order valence-electron chi connectivity index (χ4n) is 2.28. The molecular weight excluding hydrogens is 310 g/mol. The Labute approximate surface area is 139 Å². The van der Waals surface area contributed by atoms with E-state index < -0.39 is 0 Å². The lowest BCUT2D eigenvalue weighted by Gasteiger charge is -2.32. The van der Waals surface area contributed by atoms with Crippen molar-refractivity contribution in [3.63, 3.8) is 0 Å². The van der Waals surface area contributed by atoms with E-state index in [9.17, 15) is 4.79 Å². The highest BCUT2D eigenvalue weighted by Gasteiger charge is 2.16. The number of hydrogen-bond acceptors (Lipinski definition) is 6. The first-order chi connectivity index (χ1) is 11.2. The maximum Gasteiger partial charge on any atom is 0.248 e. The van der Waals surface area contributed by atoms with Crippen molar-refractivity contribution in [2.24, 2.45) is 0 Å². The summed E-state index contributed by atoms with van der Waals surface area (Å²) in [5.41, 5.74) is 0.601. The molecule has 1 fully saturated rings. The molecule has 1 amide bonds. The number of nitrogens with zero attached hydrogens (tertiary/aromatic N) is 4. The number of carbonyl (C=O) groups excluding carboxylic acids is 1. The van der Waals surface area contributed by atoms with Crippen LogP contribution in [0.4, 0.5) is 11.6 Å². The predicted molar refractivity (Wildman–Crippen MR) is 93.7 cm³/mol. The number of thiophene rings is 1. The smallest absolute Gasteiger partial charge is 0.248 e. The fourth-order valence-corrected chi connectivity index (χ4v) is 2.90. The largest absolute Gasteiger partial charge is 0.338 e. The summed E-state index contributed by atoms with van der Waals surface area (Å²) in [6.45, 7) is 3.86. The summed E-state index contributed by atoms with van der Waals surface area (Å²) in [6, 6.07) is 3.91. The molecule has 0 radical (unpaired) electrons. The van der Waals surface area contributed by atoms with E-state index in [-0.39, 0.29) is 5.91 Å². The lowest BCUT2D eigenvalue weighted by molar-refractivity contribution is -0.111. The number of piperazine rings is 1. The molecule has 0 saturated carbocycles. The molecule has 0 atom stereocenters. The molecule has 23 heavy (non-hydrogen) atoms. The molecule has 1 aliphatic heterocycles. The van der Waals surface area contributed by atoms with Gasteiger partial charge in [-0.05, 0) is 24.6 Å². The Kier molecular flexibility index (Phi) is 4.99. The number of carbonyl (C=O) groups is 1. The lowest BCUT2D eigenvalue weighted by Crippen LogP contribution is -2.45. The first kappa shape index (κ1) is 15.6. The van der Waals surface area contributed by atoms with E-state index in [0.717, 1.165) is 31.1 Å². The maximum absolute atomic E-state index is 11.9. The van der Waals surface area contributed by atoms with Gasteiger partial charge in [-0.15, -0.1) is 11.3 Å². The van der Waals surface area contributed by atoms with E-state index in [1.54, 1.807) is 29.8 Å². The number of hydrogen-bond donors (Lipinski definition) is 1. The zero-order valence-electron chi connectivity index (χ0n) is 13.0. The summed E-state index contributed by atoms with van der Waals surface area (Å²) >= 11 is 1.59. The van der Waals surface area contributed by atoms with Crippen LogP contribution in [-0.2, 0) is 4.79 Å². The number of amides is 1. The molecule has 120 valence electrons. The quantitative estimate of drug-likeness (QED) is 0.869. The zero-order chi connectivity index (χ0) is 16.1. The normalized spacial score (nSPS) is 16.0. The number of rotatable bonds is 4. The summed E-state index contributed by atoms with van der Waals surface area (Å²) in [5, 5.41) is 4.74. The standard InChI is InChI=1S/C16H19N5OS/c1-20-6-8-21(9-7-20)16-17-11-13(12-18-16)19-15(22)5-4-14-3-2-10-23-14/h2-5,10-12H,6-9H2,1H3,(H,19,22)/b5-4+. The van der Waals surface area contributed by atoms with Gasteiger partial charge in [0.25, 0.3) is 0 Å². The third-order valence-corrected chi connectivity index (χ3v) is 4.47. The number of nitrogens with one attached hydrogen (secondary N) is 1. The van der Waals surface area contributed by atoms with Crippen LogP contribution in [0, 0.1) is 0 Å². The van der Waals surface area contributed by atoms with Gasteiger partial charge in [0.1, 0.15) is 0 Å². The number of anilines is 2. The second-order valence-corrected chi connectivity index (χ2v) is 6.38. The van der Waals surface area contributed by atoms with Crippen LogP contribution in [0.2, 0.25) is 0 Å². The van der Waals surface area contributed by atoms with Crippen LogP contribution in [0.1, 0.15) is 4.88 Å². The highest BCUT2D eigenvalue weighted by molar-refractivity contribution is 7.10. The summed E-state index contributed by atoms with van der Waals surface area (Å²) < 4.78 is 0. The summed E-state index contributed by atoms with van der Waals surface area (Å²) in [6.07, 6.45) is 6.61. The van der Waals surface area contributed by atoms with Gasteiger partial charge in [-0.3, -0.25) is 4.79 Å². The Morgan fingerprint density at radius 1 is 1.26 bits per heavy atom. The Balaban J connectivity index is 1.56. The monoisotopic (exact) mass is 329 g/mol. The Hall–Kier alpha value is -2.25. The Morgan fingerprint density at radius 2 is 2.00 bits per heavy atom. The van der Waals surface area contributed by atoms with E-state index in [2.05, 4.69) is 32.1 Å². The van der Waals surface area contributed by atoms with Crippen molar-refractivity contribution >= 4 is 35.0 Å². The van der Waals surface area contributed by atoms with Gasteiger partial charge in [-0.2, -0.15) is 0 Å². The molecule has 0 spiro atoms. The van der Waals surface area contributed by atoms with Gasteiger partial charge in [0, 0.05) is 37.1 Å². The molecule has 3 rings (SSSR count). The van der Waals surface area contributed by atoms with Crippen molar-refractivity contribution in [1.82, 2.24) is 14.9 Å². The van der Waals surface area contributed by atoms with Crippen LogP contribution < -0.4 is 10.2 Å². The maximum atomic E-state index is 11.9. The van der Waals surface area contributed by atoms with Crippen LogP contribution in [0.5, 0.6) is 0 Å². The lowest BCUT2D eigenvalue weighted by atomic mass is 10.3. The topological polar surface area (TPSA) is 61.4 Å². The molecule has 0 aromatic carbocycles. The third-order valence-electron chi connectivity index (χ3n) is 3.63. The van der Waals surface area contributed by atoms with Gasteiger partial charge in [0.15, 0.2) is 0 Å². The predicted octanol–water partition coefficient (Wildman–Crippen LogP) is 1.94. The van der Waals surface area contributed by atoms with Gasteiger partial charge in [0.2, 0.25) is 11.9 Å². The second kappa shape index (κ2) is 7.34. The minimum absolute atomic E-state index is 0.186. The molecule has 0 aliphatic carbocycles. The van der Waals surface area contributed by atoms with E-state index >= 15 is 0 Å². The highest BCUT2D eigenvalue weighted by atomic mass is 32.1. The van der Waals surface area contributed by atoms with Gasteiger partial charge in [0.05, 0.1) is 18.1 Å². The fraction of sp³-hybridized carbons (Fsp3) is 0.312. The summed E-state index contributed by atoms with van der Waals surface area (Å²) in [4.78, 5) is 26.0. The summed E-state index contributed by atoms with van der Waals surface area (Å²) in [7, 11) is 2.11. The van der Waals surface area contributed by atoms with E-state index in [1.807, 2.05) is 17.5 Å². The Bertz CT molecular complexity index is 660. The number of likely N-dealkylation sites (N-methyl/N-ethyl adjacent to an activating group) is 1. The Morgan fingerprint density at radius 3 is 2.65 bits per heavy atom. The minimum atomic E-state index is -0.186. The molecule has 3 heterocycles. The van der Waals surface area contributed by atoms with Crippen LogP contribution in [0.25, 0.3) is 6.08 Å². The molecular formula is C16H19N5OS. The van der Waals surface area contributed by atoms with Gasteiger partial charge < -0.3 is 15.1 Å². The van der Waals surface area contributed by atoms with Crippen molar-refractivity contribution in [1.29, 1.82) is 0 Å². The van der Waals surface area contributed by atoms with Crippen LogP contribution in [0.15, 0.2) is 36.0 Å². The average Bonchev–Trinajstić information content (AvgIpc) is 3.08. The molecule has 6 nitrogen and oxygen atoms in total. The molecule has 1 saturated heterocycles. The van der Waals surface area contributed by atoms with Gasteiger partial charge >= 0.3 is 0 Å². The first-order valence-electron chi connectivity index (χ1n) is 7.49. The van der Waals surface area contributed by atoms with Crippen molar-refractivity contribution in [3.8, 4) is 0 Å². The average molecular weight is 329 g/mol. The van der Waals surface area contributed by atoms with Gasteiger partial charge in [-0.1, -0.05) is 6.07 Å². The van der Waals surface area contributed by atoms with Crippen LogP contribution in [-0.4, -0.2) is 54.0 Å². The molecule has 1 aliphatic rings. The van der Waals surface area contributed by atoms with E-state index in [4.69, 9.17) is 0 Å². The molecule has 7 heteroatoms. The van der Waals surface area contributed by atoms with Crippen molar-refractivity contribution in [2.75, 3.05) is 43.4 Å². The van der Waals surface area contributed by atoms with E-state index in [1.165, 1.54) is 6.08 Å². The molecule has 2 aromatic heterocycles. The van der Waals surface area contributed by atoms with Crippen LogP contribution in [0.3, 0.4) is 0 Å². The van der Waals surface area contributed by atoms with Crippen molar-refractivity contribution < 1.29 is 4.79 Å². The zero-order valence-corrected chi connectivity index (χ0v) is 13.8. The molecule has 2 aromatic rings. The molecule has 0 bridgehead atoms. The summed E-state index contributed by atoms with van der Waals surface area (Å²) in [5.74, 6) is 0.527. The number of aromatic nitrogens is 2. The third kappa shape index (κ3) is 4.37. The second-order valence-electron chi connectivity index (χ2n) is 5.40. The molecule has 1 N–H and O–H groups in total. The molecule has 0 unspecified atom stereocenters. The van der Waals surface area contributed by atoms with E-state index in [0.29, 0.717) is 11.6 Å². The SMILES string of the molecule is CN1CCN(c2ncc(NC(=O)/C=C/c3cccs3)cn2)CC1.